The number of hydrogen-bond acceptors (Lipinski definition) is 3. The van der Waals surface area contributed by atoms with Gasteiger partial charge in [0, 0.05) is 11.6 Å². The van der Waals surface area contributed by atoms with E-state index >= 15 is 0 Å². The second-order valence-electron chi connectivity index (χ2n) is 5.30. The Morgan fingerprint density at radius 2 is 1.75 bits per heavy atom. The zero-order valence-corrected chi connectivity index (χ0v) is 14.6. The van der Waals surface area contributed by atoms with E-state index in [1.54, 1.807) is 6.07 Å². The molecule has 0 unspecified atom stereocenters. The van der Waals surface area contributed by atoms with E-state index in [0.717, 1.165) is 16.3 Å². The molecule has 0 aliphatic rings. The van der Waals surface area contributed by atoms with Crippen LogP contribution in [-0.4, -0.2) is 15.5 Å². The standard InChI is InChI=1S/C18H16ClNO3S/c1-23-17-9-8-16(19)11-18(17)24(21,22)20-12-13-6-7-14-4-2-3-5-15(14)10-13/h2-11,20H,12H2,1H3. The van der Waals surface area contributed by atoms with Crippen LogP contribution in [0.1, 0.15) is 5.56 Å². The van der Waals surface area contributed by atoms with Crippen LogP contribution in [0.15, 0.2) is 65.6 Å². The van der Waals surface area contributed by atoms with Gasteiger partial charge in [0.2, 0.25) is 10.0 Å². The van der Waals surface area contributed by atoms with Crippen LogP contribution in [0, 0.1) is 0 Å². The van der Waals surface area contributed by atoms with Crippen molar-refractivity contribution in [2.45, 2.75) is 11.4 Å². The molecule has 1 N–H and O–H groups in total. The van der Waals surface area contributed by atoms with Gasteiger partial charge in [-0.2, -0.15) is 0 Å². The third-order valence-corrected chi connectivity index (χ3v) is 5.35. The lowest BCUT2D eigenvalue weighted by molar-refractivity contribution is 0.402. The molecule has 0 saturated heterocycles. The lowest BCUT2D eigenvalue weighted by Crippen LogP contribution is -2.23. The maximum Gasteiger partial charge on any atom is 0.244 e. The summed E-state index contributed by atoms with van der Waals surface area (Å²) in [5.74, 6) is 0.255. The summed E-state index contributed by atoms with van der Waals surface area (Å²) in [6.07, 6.45) is 0. The predicted molar refractivity (Wildman–Crippen MR) is 96.0 cm³/mol. The van der Waals surface area contributed by atoms with Crippen molar-refractivity contribution < 1.29 is 13.2 Å². The zero-order valence-electron chi connectivity index (χ0n) is 13.0. The number of methoxy groups -OCH3 is 1. The van der Waals surface area contributed by atoms with Gasteiger partial charge in [-0.25, -0.2) is 13.1 Å². The fourth-order valence-electron chi connectivity index (χ4n) is 2.47. The first-order valence-corrected chi connectivity index (χ1v) is 9.16. The van der Waals surface area contributed by atoms with Crippen molar-refractivity contribution in [1.82, 2.24) is 4.72 Å². The van der Waals surface area contributed by atoms with Crippen molar-refractivity contribution in [1.29, 1.82) is 0 Å². The van der Waals surface area contributed by atoms with E-state index in [0.29, 0.717) is 5.02 Å². The Balaban J connectivity index is 1.85. The minimum absolute atomic E-state index is 0.0262. The molecule has 0 fully saturated rings. The Morgan fingerprint density at radius 1 is 1.00 bits per heavy atom. The molecule has 0 aliphatic carbocycles. The van der Waals surface area contributed by atoms with Crippen LogP contribution in [0.3, 0.4) is 0 Å². The quantitative estimate of drug-likeness (QED) is 0.747. The highest BCUT2D eigenvalue weighted by Gasteiger charge is 2.19. The van der Waals surface area contributed by atoms with Gasteiger partial charge in [-0.3, -0.25) is 0 Å². The average Bonchev–Trinajstić information content (AvgIpc) is 2.60. The molecule has 3 aromatic carbocycles. The monoisotopic (exact) mass is 361 g/mol. The summed E-state index contributed by atoms with van der Waals surface area (Å²) in [6.45, 7) is 0.183. The second-order valence-corrected chi connectivity index (χ2v) is 7.47. The van der Waals surface area contributed by atoms with E-state index in [1.807, 2.05) is 42.5 Å². The van der Waals surface area contributed by atoms with Crippen molar-refractivity contribution in [2.24, 2.45) is 0 Å². The SMILES string of the molecule is COc1ccc(Cl)cc1S(=O)(=O)NCc1ccc2ccccc2c1. The van der Waals surface area contributed by atoms with E-state index in [9.17, 15) is 8.42 Å². The van der Waals surface area contributed by atoms with Crippen molar-refractivity contribution in [3.63, 3.8) is 0 Å². The number of halogens is 1. The molecule has 6 heteroatoms. The minimum atomic E-state index is -3.74. The van der Waals surface area contributed by atoms with Gasteiger partial charge >= 0.3 is 0 Å². The van der Waals surface area contributed by atoms with E-state index in [-0.39, 0.29) is 17.2 Å². The Hall–Kier alpha value is -2.08. The molecule has 0 heterocycles. The summed E-state index contributed by atoms with van der Waals surface area (Å²) in [5, 5.41) is 2.51. The lowest BCUT2D eigenvalue weighted by Gasteiger charge is -2.11. The fraction of sp³-hybridized carbons (Fsp3) is 0.111. The van der Waals surface area contributed by atoms with Gasteiger partial charge in [-0.05, 0) is 40.6 Å². The maximum atomic E-state index is 12.6. The molecule has 0 radical (unpaired) electrons. The summed E-state index contributed by atoms with van der Waals surface area (Å²) in [5.41, 5.74) is 0.873. The number of benzene rings is 3. The minimum Gasteiger partial charge on any atom is -0.495 e. The van der Waals surface area contributed by atoms with Crippen LogP contribution in [-0.2, 0) is 16.6 Å². The van der Waals surface area contributed by atoms with Crippen LogP contribution in [0.2, 0.25) is 5.02 Å². The van der Waals surface area contributed by atoms with E-state index in [4.69, 9.17) is 16.3 Å². The first kappa shape index (κ1) is 16.8. The van der Waals surface area contributed by atoms with Crippen molar-refractivity contribution >= 4 is 32.4 Å². The van der Waals surface area contributed by atoms with Crippen molar-refractivity contribution in [2.75, 3.05) is 7.11 Å². The number of hydrogen-bond donors (Lipinski definition) is 1. The number of nitrogens with one attached hydrogen (secondary N) is 1. The molecule has 124 valence electrons. The molecule has 24 heavy (non-hydrogen) atoms. The third-order valence-electron chi connectivity index (χ3n) is 3.70. The molecular formula is C18H16ClNO3S. The Kier molecular flexibility index (Phi) is 4.76. The summed E-state index contributed by atoms with van der Waals surface area (Å²) in [6, 6.07) is 18.3. The van der Waals surface area contributed by atoms with E-state index in [1.165, 1.54) is 19.2 Å². The van der Waals surface area contributed by atoms with Crippen molar-refractivity contribution in [3.8, 4) is 5.75 Å². The van der Waals surface area contributed by atoms with Crippen LogP contribution >= 0.6 is 11.6 Å². The Labute approximate surface area is 146 Å². The molecule has 0 aromatic heterocycles. The van der Waals surface area contributed by atoms with Gasteiger partial charge in [0.05, 0.1) is 7.11 Å². The maximum absolute atomic E-state index is 12.6. The van der Waals surface area contributed by atoms with E-state index < -0.39 is 10.0 Å². The van der Waals surface area contributed by atoms with Crippen molar-refractivity contribution in [3.05, 3.63) is 71.2 Å². The topological polar surface area (TPSA) is 55.4 Å². The predicted octanol–water partition coefficient (Wildman–Crippen LogP) is 3.98. The first-order valence-electron chi connectivity index (χ1n) is 7.30. The molecule has 0 saturated carbocycles. The number of sulfonamides is 1. The van der Waals surface area contributed by atoms with E-state index in [2.05, 4.69) is 4.72 Å². The number of rotatable bonds is 5. The molecule has 4 nitrogen and oxygen atoms in total. The normalized spacial score (nSPS) is 11.6. The Morgan fingerprint density at radius 3 is 2.50 bits per heavy atom. The van der Waals surface area contributed by atoms with Crippen LogP contribution in [0.5, 0.6) is 5.75 Å². The molecule has 3 rings (SSSR count). The molecule has 0 bridgehead atoms. The van der Waals surface area contributed by atoms with Gasteiger partial charge in [0.15, 0.2) is 0 Å². The second kappa shape index (κ2) is 6.81. The molecule has 0 amide bonds. The van der Waals surface area contributed by atoms with Gasteiger partial charge in [0.25, 0.3) is 0 Å². The number of fused-ring (bicyclic) bond motifs is 1. The Bertz CT molecular complexity index is 986. The molecule has 0 spiro atoms. The smallest absolute Gasteiger partial charge is 0.244 e. The highest BCUT2D eigenvalue weighted by atomic mass is 35.5. The van der Waals surface area contributed by atoms with Gasteiger partial charge in [-0.1, -0.05) is 48.0 Å². The molecular weight excluding hydrogens is 346 g/mol. The van der Waals surface area contributed by atoms with Gasteiger partial charge in [0.1, 0.15) is 10.6 Å². The van der Waals surface area contributed by atoms with Gasteiger partial charge in [-0.15, -0.1) is 0 Å². The first-order chi connectivity index (χ1) is 11.5. The largest absolute Gasteiger partial charge is 0.495 e. The van der Waals surface area contributed by atoms with Crippen LogP contribution in [0.25, 0.3) is 10.8 Å². The lowest BCUT2D eigenvalue weighted by atomic mass is 10.1. The summed E-state index contributed by atoms with van der Waals surface area (Å²) < 4.78 is 32.8. The average molecular weight is 362 g/mol. The summed E-state index contributed by atoms with van der Waals surface area (Å²) >= 11 is 5.91. The third kappa shape index (κ3) is 3.53. The van der Waals surface area contributed by atoms with Gasteiger partial charge < -0.3 is 4.74 Å². The molecule has 3 aromatic rings. The summed E-state index contributed by atoms with van der Waals surface area (Å²) in [7, 11) is -2.31. The highest BCUT2D eigenvalue weighted by molar-refractivity contribution is 7.89. The van der Waals surface area contributed by atoms with Crippen LogP contribution < -0.4 is 9.46 Å². The zero-order chi connectivity index (χ0) is 17.2. The summed E-state index contributed by atoms with van der Waals surface area (Å²) in [4.78, 5) is 0.0262. The highest BCUT2D eigenvalue weighted by Crippen LogP contribution is 2.27. The number of ether oxygens (including phenoxy) is 1. The fourth-order valence-corrected chi connectivity index (χ4v) is 3.91. The molecule has 0 aliphatic heterocycles. The van der Waals surface area contributed by atoms with Crippen LogP contribution in [0.4, 0.5) is 0 Å². The molecule has 0 atom stereocenters.